The summed E-state index contributed by atoms with van der Waals surface area (Å²) in [7, 11) is -1.02. The number of carbonyl (C=O) groups is 1. The fraction of sp³-hybridized carbons (Fsp3) is 0.483. The van der Waals surface area contributed by atoms with E-state index in [1.165, 1.54) is 0 Å². The molecule has 1 aromatic heterocycles. The van der Waals surface area contributed by atoms with Gasteiger partial charge in [0.15, 0.2) is 8.32 Å². The van der Waals surface area contributed by atoms with E-state index in [9.17, 15) is 14.7 Å². The van der Waals surface area contributed by atoms with Crippen molar-refractivity contribution < 1.29 is 28.9 Å². The van der Waals surface area contributed by atoms with E-state index in [0.717, 1.165) is 16.8 Å². The van der Waals surface area contributed by atoms with Crippen LogP contribution in [0.15, 0.2) is 54.7 Å². The van der Waals surface area contributed by atoms with Crippen LogP contribution in [0.1, 0.15) is 42.2 Å². The van der Waals surface area contributed by atoms with Gasteiger partial charge in [0.1, 0.15) is 18.5 Å². The average molecular weight is 567 g/mol. The molecule has 2 aliphatic heterocycles. The zero-order valence-electron chi connectivity index (χ0n) is 23.4. The number of carbonyl (C=O) groups excluding carboxylic acids is 1. The predicted octanol–water partition coefficient (Wildman–Crippen LogP) is 4.10. The third kappa shape index (κ3) is 5.64. The van der Waals surface area contributed by atoms with Gasteiger partial charge in [0.25, 0.3) is 0 Å². The molecule has 214 valence electrons. The van der Waals surface area contributed by atoms with Crippen molar-refractivity contribution in [1.29, 1.82) is 0 Å². The van der Waals surface area contributed by atoms with Crippen LogP contribution >= 0.6 is 0 Å². The van der Waals surface area contributed by atoms with Gasteiger partial charge in [0, 0.05) is 42.6 Å². The molecule has 0 saturated carbocycles. The van der Waals surface area contributed by atoms with Crippen molar-refractivity contribution in [3.8, 4) is 5.75 Å². The monoisotopic (exact) mass is 566 g/mol. The molecular formula is C29H38N4O6Si. The SMILES string of the molecule is CO[C@H]1c2cc(N3CCOC3=O)ccc2O[C@@H](C(CCn2cc(C(CO)c3ccccc3)nn2)[Si](C)(C)O)[C@@H]1C. The van der Waals surface area contributed by atoms with E-state index in [-0.39, 0.29) is 42.3 Å². The molecule has 40 heavy (non-hydrogen) atoms. The van der Waals surface area contributed by atoms with Gasteiger partial charge in [0.2, 0.25) is 0 Å². The fourth-order valence-electron chi connectivity index (χ4n) is 5.99. The Bertz CT molecular complexity index is 1310. The maximum atomic E-state index is 12.1. The lowest BCUT2D eigenvalue weighted by molar-refractivity contribution is -0.0247. The van der Waals surface area contributed by atoms with Crippen LogP contribution in [0, 0.1) is 5.92 Å². The number of fused-ring (bicyclic) bond motifs is 1. The Kier molecular flexibility index (Phi) is 8.27. The van der Waals surface area contributed by atoms with Gasteiger partial charge in [-0.1, -0.05) is 42.5 Å². The Hall–Kier alpha value is -3.25. The number of aryl methyl sites for hydroxylation is 1. The molecule has 1 amide bonds. The van der Waals surface area contributed by atoms with Crippen molar-refractivity contribution in [2.45, 2.75) is 56.7 Å². The summed E-state index contributed by atoms with van der Waals surface area (Å²) in [5, 5.41) is 18.7. The fourth-order valence-corrected chi connectivity index (χ4v) is 8.00. The van der Waals surface area contributed by atoms with Crippen LogP contribution in [0.3, 0.4) is 0 Å². The number of rotatable bonds is 10. The van der Waals surface area contributed by atoms with Gasteiger partial charge >= 0.3 is 6.09 Å². The second-order valence-electron chi connectivity index (χ2n) is 11.2. The molecule has 5 rings (SSSR count). The highest BCUT2D eigenvalue weighted by Crippen LogP contribution is 2.47. The van der Waals surface area contributed by atoms with Crippen molar-refractivity contribution in [1.82, 2.24) is 15.0 Å². The van der Waals surface area contributed by atoms with Crippen molar-refractivity contribution in [3.63, 3.8) is 0 Å². The largest absolute Gasteiger partial charge is 0.490 e. The molecule has 3 heterocycles. The quantitative estimate of drug-likeness (QED) is 0.352. The summed E-state index contributed by atoms with van der Waals surface area (Å²) < 4.78 is 19.5. The number of nitrogens with zero attached hydrogens (tertiary/aromatic N) is 4. The number of hydrogen-bond acceptors (Lipinski definition) is 8. The van der Waals surface area contributed by atoms with Gasteiger partial charge in [-0.25, -0.2) is 4.79 Å². The highest BCUT2D eigenvalue weighted by molar-refractivity contribution is 6.71. The number of cyclic esters (lactones) is 1. The van der Waals surface area contributed by atoms with Gasteiger partial charge in [-0.2, -0.15) is 0 Å². The highest BCUT2D eigenvalue weighted by atomic mass is 28.4. The number of amides is 1. The molecule has 5 atom stereocenters. The molecule has 0 radical (unpaired) electrons. The minimum atomic E-state index is -2.70. The van der Waals surface area contributed by atoms with E-state index in [0.29, 0.717) is 37.6 Å². The topological polar surface area (TPSA) is 119 Å². The van der Waals surface area contributed by atoms with E-state index in [4.69, 9.17) is 14.2 Å². The number of aromatic nitrogens is 3. The zero-order chi connectivity index (χ0) is 28.4. The van der Waals surface area contributed by atoms with Gasteiger partial charge in [-0.05, 0) is 43.3 Å². The van der Waals surface area contributed by atoms with Gasteiger partial charge < -0.3 is 24.1 Å². The maximum Gasteiger partial charge on any atom is 0.414 e. The summed E-state index contributed by atoms with van der Waals surface area (Å²) >= 11 is 0. The van der Waals surface area contributed by atoms with Crippen LogP contribution < -0.4 is 9.64 Å². The second kappa shape index (κ2) is 11.7. The molecule has 2 unspecified atom stereocenters. The summed E-state index contributed by atoms with van der Waals surface area (Å²) in [5.74, 6) is 0.402. The smallest absolute Gasteiger partial charge is 0.414 e. The molecular weight excluding hydrogens is 528 g/mol. The highest BCUT2D eigenvalue weighted by Gasteiger charge is 2.46. The van der Waals surface area contributed by atoms with Crippen molar-refractivity contribution in [3.05, 3.63) is 71.5 Å². The number of aliphatic hydroxyl groups is 1. The second-order valence-corrected chi connectivity index (χ2v) is 15.2. The number of ether oxygens (including phenoxy) is 3. The molecule has 11 heteroatoms. The van der Waals surface area contributed by atoms with Crippen LogP contribution in [-0.4, -0.2) is 72.3 Å². The Morgan fingerprint density at radius 3 is 2.62 bits per heavy atom. The van der Waals surface area contributed by atoms with Crippen LogP contribution in [0.25, 0.3) is 0 Å². The van der Waals surface area contributed by atoms with E-state index < -0.39 is 8.32 Å². The molecule has 1 saturated heterocycles. The molecule has 3 aromatic rings. The predicted molar refractivity (Wildman–Crippen MR) is 152 cm³/mol. The summed E-state index contributed by atoms with van der Waals surface area (Å²) in [6, 6.07) is 15.5. The van der Waals surface area contributed by atoms with Gasteiger partial charge in [0.05, 0.1) is 30.9 Å². The molecule has 2 aliphatic rings. The standard InChI is InChI=1S/C29H38N4O6Si/c1-19-27(37-2)22-16-21(33-14-15-38-29(33)35)10-11-25(22)39-28(19)26(40(3,4)36)12-13-32-17-24(30-31-32)23(18-34)20-8-6-5-7-9-20/h5-11,16-17,19,23,26-28,34,36H,12-15,18H2,1-4H3/t19-,23?,26?,27-,28-/m1/s1. The number of aliphatic hydroxyl groups excluding tert-OH is 1. The minimum absolute atomic E-state index is 0.0506. The summed E-state index contributed by atoms with van der Waals surface area (Å²) in [6.07, 6.45) is 1.63. The third-order valence-electron chi connectivity index (χ3n) is 8.16. The normalized spacial score (nSPS) is 22.4. The number of hydrogen-bond donors (Lipinski definition) is 2. The molecule has 2 N–H and O–H groups in total. The number of methoxy groups -OCH3 is 1. The van der Waals surface area contributed by atoms with Gasteiger partial charge in [-0.15, -0.1) is 5.10 Å². The molecule has 0 spiro atoms. The zero-order valence-corrected chi connectivity index (χ0v) is 24.4. The number of anilines is 1. The van der Waals surface area contributed by atoms with Crippen LogP contribution in [0.2, 0.25) is 18.6 Å². The van der Waals surface area contributed by atoms with E-state index in [2.05, 4.69) is 17.2 Å². The Balaban J connectivity index is 1.35. The Morgan fingerprint density at radius 2 is 1.98 bits per heavy atom. The maximum absolute atomic E-state index is 12.1. The number of benzene rings is 2. The minimum Gasteiger partial charge on any atom is -0.490 e. The first-order valence-electron chi connectivity index (χ1n) is 13.8. The summed E-state index contributed by atoms with van der Waals surface area (Å²) in [4.78, 5) is 25.1. The first kappa shape index (κ1) is 28.3. The molecule has 0 bridgehead atoms. The average Bonchev–Trinajstić information content (AvgIpc) is 3.58. The Morgan fingerprint density at radius 1 is 1.20 bits per heavy atom. The van der Waals surface area contributed by atoms with Crippen LogP contribution in [0.5, 0.6) is 5.75 Å². The van der Waals surface area contributed by atoms with Crippen molar-refractivity contribution >= 4 is 20.1 Å². The Labute approximate surface area is 235 Å². The lowest BCUT2D eigenvalue weighted by Gasteiger charge is -2.44. The van der Waals surface area contributed by atoms with Crippen LogP contribution in [-0.2, 0) is 16.0 Å². The molecule has 10 nitrogen and oxygen atoms in total. The van der Waals surface area contributed by atoms with Crippen LogP contribution in [0.4, 0.5) is 10.5 Å². The van der Waals surface area contributed by atoms with Crippen molar-refractivity contribution in [2.24, 2.45) is 5.92 Å². The molecule has 2 aromatic carbocycles. The first-order chi connectivity index (χ1) is 19.2. The van der Waals surface area contributed by atoms with E-state index in [1.807, 2.05) is 67.8 Å². The van der Waals surface area contributed by atoms with E-state index >= 15 is 0 Å². The van der Waals surface area contributed by atoms with E-state index in [1.54, 1.807) is 16.7 Å². The summed E-state index contributed by atoms with van der Waals surface area (Å²) in [6.45, 7) is 7.34. The molecule has 0 aliphatic carbocycles. The third-order valence-corrected chi connectivity index (χ3v) is 10.6. The van der Waals surface area contributed by atoms with Crippen molar-refractivity contribution in [2.75, 3.05) is 31.8 Å². The lowest BCUT2D eigenvalue weighted by atomic mass is 9.86. The lowest BCUT2D eigenvalue weighted by Crippen LogP contribution is -2.48. The first-order valence-corrected chi connectivity index (χ1v) is 16.8. The molecule has 1 fully saturated rings. The van der Waals surface area contributed by atoms with Gasteiger partial charge in [-0.3, -0.25) is 9.58 Å². The summed E-state index contributed by atoms with van der Waals surface area (Å²) in [5.41, 5.74) is 3.22.